The minimum atomic E-state index is -0.472. The van der Waals surface area contributed by atoms with Crippen molar-refractivity contribution < 1.29 is 9.90 Å². The molecule has 1 unspecified atom stereocenters. The number of pyridine rings is 1. The molecule has 5 heteroatoms. The van der Waals surface area contributed by atoms with E-state index in [1.807, 2.05) is 12.1 Å². The van der Waals surface area contributed by atoms with Crippen LogP contribution in [0.1, 0.15) is 23.3 Å². The summed E-state index contributed by atoms with van der Waals surface area (Å²) in [5, 5.41) is 11.0. The van der Waals surface area contributed by atoms with Crippen LogP contribution in [0.2, 0.25) is 0 Å². The highest BCUT2D eigenvalue weighted by Crippen LogP contribution is 2.15. The number of carbonyl (C=O) groups is 1. The van der Waals surface area contributed by atoms with E-state index in [1.54, 1.807) is 23.1 Å². The van der Waals surface area contributed by atoms with Crippen LogP contribution in [0.3, 0.4) is 0 Å². The minimum absolute atomic E-state index is 0.230. The zero-order valence-electron chi connectivity index (χ0n) is 11.0. The topological polar surface area (TPSA) is 73.4 Å². The fraction of sp³-hybridized carbons (Fsp3) is 0.333. The van der Waals surface area contributed by atoms with E-state index < -0.39 is 6.10 Å². The molecule has 1 aliphatic rings. The third-order valence-corrected chi connectivity index (χ3v) is 3.67. The molecule has 1 aromatic heterocycles. The van der Waals surface area contributed by atoms with E-state index >= 15 is 0 Å². The average Bonchev–Trinajstić information content (AvgIpc) is 2.46. The van der Waals surface area contributed by atoms with E-state index in [-0.39, 0.29) is 17.2 Å². The molecule has 20 heavy (non-hydrogen) atoms. The number of H-pyrrole nitrogens is 1. The SMILES string of the molecule is O=C(c1cc2ccccc2c(=O)[nH]1)N1CCCC(O)C1. The summed E-state index contributed by atoms with van der Waals surface area (Å²) in [6.45, 7) is 0.943. The number of aromatic nitrogens is 1. The van der Waals surface area contributed by atoms with E-state index in [1.165, 1.54) is 0 Å². The van der Waals surface area contributed by atoms with Crippen molar-refractivity contribution in [3.63, 3.8) is 0 Å². The number of benzene rings is 1. The van der Waals surface area contributed by atoms with Crippen molar-refractivity contribution in [3.05, 3.63) is 46.4 Å². The molecule has 1 fully saturated rings. The molecule has 0 aliphatic carbocycles. The van der Waals surface area contributed by atoms with Gasteiger partial charge in [-0.15, -0.1) is 0 Å². The number of nitrogens with one attached hydrogen (secondary N) is 1. The van der Waals surface area contributed by atoms with Gasteiger partial charge in [-0.1, -0.05) is 18.2 Å². The summed E-state index contributed by atoms with van der Waals surface area (Å²) in [5.41, 5.74) is 0.0202. The molecule has 0 spiro atoms. The Morgan fingerprint density at radius 2 is 2.15 bits per heavy atom. The largest absolute Gasteiger partial charge is 0.391 e. The lowest BCUT2D eigenvalue weighted by Gasteiger charge is -2.30. The molecule has 1 saturated heterocycles. The van der Waals surface area contributed by atoms with Gasteiger partial charge in [0, 0.05) is 18.5 Å². The number of hydrogen-bond acceptors (Lipinski definition) is 3. The second-order valence-electron chi connectivity index (χ2n) is 5.15. The Kier molecular flexibility index (Phi) is 3.28. The molecule has 1 aromatic carbocycles. The van der Waals surface area contributed by atoms with Crippen molar-refractivity contribution >= 4 is 16.7 Å². The van der Waals surface area contributed by atoms with Crippen molar-refractivity contribution in [1.29, 1.82) is 0 Å². The van der Waals surface area contributed by atoms with Gasteiger partial charge in [0.05, 0.1) is 6.10 Å². The van der Waals surface area contributed by atoms with Crippen LogP contribution in [0, 0.1) is 0 Å². The van der Waals surface area contributed by atoms with Gasteiger partial charge in [0.2, 0.25) is 0 Å². The summed E-state index contributed by atoms with van der Waals surface area (Å²) >= 11 is 0. The van der Waals surface area contributed by atoms with Crippen molar-refractivity contribution in [1.82, 2.24) is 9.88 Å². The third-order valence-electron chi connectivity index (χ3n) is 3.67. The molecule has 104 valence electrons. The number of fused-ring (bicyclic) bond motifs is 1. The molecular weight excluding hydrogens is 256 g/mol. The van der Waals surface area contributed by atoms with E-state index in [2.05, 4.69) is 4.98 Å². The lowest BCUT2D eigenvalue weighted by Crippen LogP contribution is -2.42. The number of likely N-dealkylation sites (tertiary alicyclic amines) is 1. The Hall–Kier alpha value is -2.14. The maximum atomic E-state index is 12.4. The van der Waals surface area contributed by atoms with Crippen molar-refractivity contribution in [2.24, 2.45) is 0 Å². The normalized spacial score (nSPS) is 19.2. The zero-order valence-corrected chi connectivity index (χ0v) is 11.0. The van der Waals surface area contributed by atoms with E-state index in [4.69, 9.17) is 0 Å². The van der Waals surface area contributed by atoms with Gasteiger partial charge in [0.15, 0.2) is 0 Å². The summed E-state index contributed by atoms with van der Waals surface area (Å²) in [5.74, 6) is -0.230. The Balaban J connectivity index is 1.97. The second-order valence-corrected chi connectivity index (χ2v) is 5.15. The number of amides is 1. The van der Waals surface area contributed by atoms with E-state index in [0.717, 1.165) is 18.2 Å². The first-order chi connectivity index (χ1) is 9.65. The van der Waals surface area contributed by atoms with Crippen LogP contribution in [-0.2, 0) is 0 Å². The summed E-state index contributed by atoms with van der Waals surface area (Å²) in [7, 11) is 0. The Bertz CT molecular complexity index is 708. The van der Waals surface area contributed by atoms with Gasteiger partial charge >= 0.3 is 0 Å². The molecule has 1 aliphatic heterocycles. The van der Waals surface area contributed by atoms with Crippen molar-refractivity contribution in [3.8, 4) is 0 Å². The standard InChI is InChI=1S/C15H16N2O3/c18-11-5-3-7-17(9-11)15(20)13-8-10-4-1-2-6-12(10)14(19)16-13/h1-2,4,6,8,11,18H,3,5,7,9H2,(H,16,19). The minimum Gasteiger partial charge on any atom is -0.391 e. The summed E-state index contributed by atoms with van der Waals surface area (Å²) in [4.78, 5) is 28.6. The Morgan fingerprint density at radius 3 is 2.95 bits per heavy atom. The fourth-order valence-electron chi connectivity index (χ4n) is 2.64. The number of aromatic amines is 1. The molecule has 5 nitrogen and oxygen atoms in total. The number of β-amino-alcohol motifs (C(OH)–C–C–N with tert-alkyl or cyclic N) is 1. The van der Waals surface area contributed by atoms with Gasteiger partial charge in [-0.05, 0) is 30.4 Å². The summed E-state index contributed by atoms with van der Waals surface area (Å²) in [6.07, 6.45) is 1.03. The summed E-state index contributed by atoms with van der Waals surface area (Å²) in [6, 6.07) is 8.86. The number of nitrogens with zero attached hydrogens (tertiary/aromatic N) is 1. The molecule has 2 heterocycles. The van der Waals surface area contributed by atoms with Gasteiger partial charge in [-0.25, -0.2) is 0 Å². The molecular formula is C15H16N2O3. The van der Waals surface area contributed by atoms with Gasteiger partial charge < -0.3 is 15.0 Å². The van der Waals surface area contributed by atoms with Crippen LogP contribution >= 0.6 is 0 Å². The molecule has 3 rings (SSSR count). The van der Waals surface area contributed by atoms with Crippen LogP contribution in [0.5, 0.6) is 0 Å². The lowest BCUT2D eigenvalue weighted by atomic mass is 10.1. The van der Waals surface area contributed by atoms with Crippen LogP contribution < -0.4 is 5.56 Å². The monoisotopic (exact) mass is 272 g/mol. The third kappa shape index (κ3) is 2.32. The first-order valence-electron chi connectivity index (χ1n) is 6.74. The van der Waals surface area contributed by atoms with Crippen molar-refractivity contribution in [2.45, 2.75) is 18.9 Å². The molecule has 0 saturated carbocycles. The highest BCUT2D eigenvalue weighted by Gasteiger charge is 2.23. The van der Waals surface area contributed by atoms with Gasteiger partial charge in [0.25, 0.3) is 11.5 Å². The first-order valence-corrected chi connectivity index (χ1v) is 6.74. The van der Waals surface area contributed by atoms with E-state index in [0.29, 0.717) is 18.5 Å². The predicted octanol–water partition coefficient (Wildman–Crippen LogP) is 1.12. The Morgan fingerprint density at radius 1 is 1.35 bits per heavy atom. The molecule has 0 radical (unpaired) electrons. The van der Waals surface area contributed by atoms with Gasteiger partial charge in [0.1, 0.15) is 5.69 Å². The van der Waals surface area contributed by atoms with Crippen LogP contribution in [0.25, 0.3) is 10.8 Å². The number of rotatable bonds is 1. The smallest absolute Gasteiger partial charge is 0.270 e. The highest BCUT2D eigenvalue weighted by molar-refractivity contribution is 5.96. The van der Waals surface area contributed by atoms with Crippen LogP contribution in [-0.4, -0.2) is 40.1 Å². The van der Waals surface area contributed by atoms with Gasteiger partial charge in [-0.2, -0.15) is 0 Å². The number of hydrogen-bond donors (Lipinski definition) is 2. The highest BCUT2D eigenvalue weighted by atomic mass is 16.3. The zero-order chi connectivity index (χ0) is 14.1. The first kappa shape index (κ1) is 12.9. The Labute approximate surface area is 115 Å². The summed E-state index contributed by atoms with van der Waals surface area (Å²) < 4.78 is 0. The predicted molar refractivity (Wildman–Crippen MR) is 75.7 cm³/mol. The maximum absolute atomic E-state index is 12.4. The molecule has 1 atom stereocenters. The number of piperidine rings is 1. The molecule has 0 bridgehead atoms. The van der Waals surface area contributed by atoms with E-state index in [9.17, 15) is 14.7 Å². The fourth-order valence-corrected chi connectivity index (χ4v) is 2.64. The molecule has 2 aromatic rings. The number of carbonyl (C=O) groups excluding carboxylic acids is 1. The second kappa shape index (κ2) is 5.09. The quantitative estimate of drug-likeness (QED) is 0.817. The van der Waals surface area contributed by atoms with Crippen LogP contribution in [0.4, 0.5) is 0 Å². The van der Waals surface area contributed by atoms with Crippen LogP contribution in [0.15, 0.2) is 35.1 Å². The average molecular weight is 272 g/mol. The van der Waals surface area contributed by atoms with Crippen molar-refractivity contribution in [2.75, 3.05) is 13.1 Å². The molecule has 1 amide bonds. The molecule has 2 N–H and O–H groups in total. The maximum Gasteiger partial charge on any atom is 0.270 e. The van der Waals surface area contributed by atoms with Gasteiger partial charge in [-0.3, -0.25) is 9.59 Å². The number of aliphatic hydroxyl groups excluding tert-OH is 1. The number of aliphatic hydroxyl groups is 1. The lowest BCUT2D eigenvalue weighted by molar-refractivity contribution is 0.0469.